The smallest absolute Gasteiger partial charge is 0.258 e. The van der Waals surface area contributed by atoms with Crippen molar-refractivity contribution in [2.24, 2.45) is 0 Å². The Morgan fingerprint density at radius 2 is 1.93 bits per heavy atom. The van der Waals surface area contributed by atoms with Gasteiger partial charge in [-0.2, -0.15) is 0 Å². The number of furan rings is 1. The number of imidazole rings is 1. The van der Waals surface area contributed by atoms with Crippen molar-refractivity contribution >= 4 is 45.8 Å². The number of amides is 1. The summed E-state index contributed by atoms with van der Waals surface area (Å²) >= 11 is 12.3. The molecule has 1 N–H and O–H groups in total. The van der Waals surface area contributed by atoms with Crippen LogP contribution in [0.4, 0.5) is 5.69 Å². The molecule has 2 aromatic heterocycles. The predicted octanol–water partition coefficient (Wildman–Crippen LogP) is 5.55. The van der Waals surface area contributed by atoms with Gasteiger partial charge in [0.2, 0.25) is 0 Å². The van der Waals surface area contributed by atoms with Gasteiger partial charge in [0, 0.05) is 23.3 Å². The molecular formula is C20H15Cl2N3O2. The standard InChI is InChI=1S/C20H15Cl2N3O2/c1-12-14(10-25-9-8-23-11-25)13-4-2-7-17(19(13)27-12)24-20(26)18-15(21)5-3-6-16(18)22/h2-9,11H,10H2,1H3,(H,24,26). The third-order valence-corrected chi connectivity index (χ3v) is 4.99. The molecule has 5 nitrogen and oxygen atoms in total. The number of nitrogens with one attached hydrogen (secondary N) is 1. The maximum Gasteiger partial charge on any atom is 0.258 e. The first-order valence-corrected chi connectivity index (χ1v) is 9.02. The number of hydrogen-bond donors (Lipinski definition) is 1. The van der Waals surface area contributed by atoms with E-state index < -0.39 is 0 Å². The first kappa shape index (κ1) is 17.6. The second-order valence-corrected chi connectivity index (χ2v) is 6.92. The second kappa shape index (κ2) is 7.10. The van der Waals surface area contributed by atoms with Crippen molar-refractivity contribution in [1.82, 2.24) is 9.55 Å². The molecule has 0 fully saturated rings. The van der Waals surface area contributed by atoms with Crippen LogP contribution in [0.15, 0.2) is 59.5 Å². The minimum absolute atomic E-state index is 0.236. The van der Waals surface area contributed by atoms with E-state index in [9.17, 15) is 4.79 Å². The summed E-state index contributed by atoms with van der Waals surface area (Å²) in [6.45, 7) is 2.54. The van der Waals surface area contributed by atoms with E-state index in [0.717, 1.165) is 16.7 Å². The van der Waals surface area contributed by atoms with Crippen LogP contribution < -0.4 is 5.32 Å². The second-order valence-electron chi connectivity index (χ2n) is 6.10. The van der Waals surface area contributed by atoms with Gasteiger partial charge in [-0.05, 0) is 25.1 Å². The first-order chi connectivity index (χ1) is 13.0. The number of fused-ring (bicyclic) bond motifs is 1. The Balaban J connectivity index is 1.72. The fraction of sp³-hybridized carbons (Fsp3) is 0.100. The summed E-state index contributed by atoms with van der Waals surface area (Å²) < 4.78 is 7.93. The molecule has 2 aromatic carbocycles. The van der Waals surface area contributed by atoms with Crippen molar-refractivity contribution in [1.29, 1.82) is 0 Å². The number of carbonyl (C=O) groups is 1. The normalized spacial score (nSPS) is 11.1. The highest BCUT2D eigenvalue weighted by molar-refractivity contribution is 6.40. The number of para-hydroxylation sites is 1. The summed E-state index contributed by atoms with van der Waals surface area (Å²) in [5, 5.41) is 4.39. The van der Waals surface area contributed by atoms with Gasteiger partial charge in [0.05, 0.1) is 34.2 Å². The van der Waals surface area contributed by atoms with Crippen LogP contribution in [0.3, 0.4) is 0 Å². The Morgan fingerprint density at radius 1 is 1.19 bits per heavy atom. The molecule has 0 unspecified atom stereocenters. The zero-order valence-electron chi connectivity index (χ0n) is 14.4. The van der Waals surface area contributed by atoms with Crippen molar-refractivity contribution in [3.63, 3.8) is 0 Å². The van der Waals surface area contributed by atoms with Crippen LogP contribution in [0.2, 0.25) is 10.0 Å². The molecule has 0 aliphatic heterocycles. The number of hydrogen-bond acceptors (Lipinski definition) is 3. The van der Waals surface area contributed by atoms with E-state index in [0.29, 0.717) is 27.9 Å². The van der Waals surface area contributed by atoms with Crippen molar-refractivity contribution in [3.8, 4) is 0 Å². The van der Waals surface area contributed by atoms with E-state index >= 15 is 0 Å². The summed E-state index contributed by atoms with van der Waals surface area (Å²) in [6, 6.07) is 10.6. The Kier molecular flexibility index (Phi) is 4.64. The lowest BCUT2D eigenvalue weighted by molar-refractivity contribution is 0.102. The van der Waals surface area contributed by atoms with Gasteiger partial charge in [0.1, 0.15) is 5.76 Å². The molecule has 7 heteroatoms. The number of carbonyl (C=O) groups excluding carboxylic acids is 1. The van der Waals surface area contributed by atoms with Crippen LogP contribution in [0.1, 0.15) is 21.7 Å². The average molecular weight is 400 g/mol. The molecule has 0 aliphatic carbocycles. The molecule has 1 amide bonds. The van der Waals surface area contributed by atoms with Crippen LogP contribution in [0.5, 0.6) is 0 Å². The molecule has 27 heavy (non-hydrogen) atoms. The van der Waals surface area contributed by atoms with Crippen LogP contribution >= 0.6 is 23.2 Å². The topological polar surface area (TPSA) is 60.1 Å². The van der Waals surface area contributed by atoms with Crippen molar-refractivity contribution in [2.45, 2.75) is 13.5 Å². The molecule has 0 bridgehead atoms. The van der Waals surface area contributed by atoms with Crippen molar-refractivity contribution in [2.75, 3.05) is 5.32 Å². The van der Waals surface area contributed by atoms with Crippen LogP contribution in [-0.4, -0.2) is 15.5 Å². The van der Waals surface area contributed by atoms with Crippen LogP contribution in [0, 0.1) is 6.92 Å². The monoisotopic (exact) mass is 399 g/mol. The molecule has 0 saturated heterocycles. The summed E-state index contributed by atoms with van der Waals surface area (Å²) in [6.07, 6.45) is 5.38. The molecule has 136 valence electrons. The highest BCUT2D eigenvalue weighted by Crippen LogP contribution is 2.33. The van der Waals surface area contributed by atoms with Gasteiger partial charge in [-0.1, -0.05) is 41.4 Å². The molecular weight excluding hydrogens is 385 g/mol. The van der Waals surface area contributed by atoms with Gasteiger partial charge in [-0.3, -0.25) is 4.79 Å². The van der Waals surface area contributed by atoms with Gasteiger partial charge in [-0.15, -0.1) is 0 Å². The van der Waals surface area contributed by atoms with Gasteiger partial charge in [-0.25, -0.2) is 4.98 Å². The average Bonchev–Trinajstić information content (AvgIpc) is 3.24. The Labute approximate surface area is 165 Å². The lowest BCUT2D eigenvalue weighted by Gasteiger charge is -2.09. The van der Waals surface area contributed by atoms with E-state index in [1.54, 1.807) is 36.8 Å². The summed E-state index contributed by atoms with van der Waals surface area (Å²) in [7, 11) is 0. The van der Waals surface area contributed by atoms with E-state index in [1.165, 1.54) is 0 Å². The largest absolute Gasteiger partial charge is 0.459 e. The number of aromatic nitrogens is 2. The van der Waals surface area contributed by atoms with Crippen LogP contribution in [0.25, 0.3) is 11.0 Å². The molecule has 0 radical (unpaired) electrons. The molecule has 4 rings (SSSR count). The number of nitrogens with zero attached hydrogens (tertiary/aromatic N) is 2. The minimum atomic E-state index is -0.386. The molecule has 4 aromatic rings. The summed E-state index contributed by atoms with van der Waals surface area (Å²) in [4.78, 5) is 16.8. The lowest BCUT2D eigenvalue weighted by atomic mass is 10.1. The number of benzene rings is 2. The van der Waals surface area contributed by atoms with E-state index in [2.05, 4.69) is 10.3 Å². The van der Waals surface area contributed by atoms with Crippen molar-refractivity contribution in [3.05, 3.63) is 82.1 Å². The molecule has 0 spiro atoms. The number of halogens is 2. The molecule has 0 saturated carbocycles. The minimum Gasteiger partial charge on any atom is -0.459 e. The highest BCUT2D eigenvalue weighted by atomic mass is 35.5. The maximum atomic E-state index is 12.7. The van der Waals surface area contributed by atoms with Crippen LogP contribution in [-0.2, 0) is 6.54 Å². The van der Waals surface area contributed by atoms with Gasteiger partial charge in [0.15, 0.2) is 5.58 Å². The van der Waals surface area contributed by atoms with Gasteiger partial charge < -0.3 is 14.3 Å². The molecule has 2 heterocycles. The lowest BCUT2D eigenvalue weighted by Crippen LogP contribution is -2.13. The maximum absolute atomic E-state index is 12.7. The van der Waals surface area contributed by atoms with E-state index in [1.807, 2.05) is 29.8 Å². The van der Waals surface area contributed by atoms with Gasteiger partial charge >= 0.3 is 0 Å². The fourth-order valence-electron chi connectivity index (χ4n) is 3.05. The predicted molar refractivity (Wildman–Crippen MR) is 107 cm³/mol. The number of aryl methyl sites for hydroxylation is 1. The van der Waals surface area contributed by atoms with E-state index in [4.69, 9.17) is 27.6 Å². The third-order valence-electron chi connectivity index (χ3n) is 4.36. The Morgan fingerprint density at radius 3 is 2.63 bits per heavy atom. The molecule has 0 atom stereocenters. The Bertz CT molecular complexity index is 1110. The van der Waals surface area contributed by atoms with Crippen molar-refractivity contribution < 1.29 is 9.21 Å². The zero-order chi connectivity index (χ0) is 19.0. The quantitative estimate of drug-likeness (QED) is 0.489. The molecule has 0 aliphatic rings. The number of anilines is 1. The van der Waals surface area contributed by atoms with Gasteiger partial charge in [0.25, 0.3) is 5.91 Å². The number of rotatable bonds is 4. The zero-order valence-corrected chi connectivity index (χ0v) is 15.9. The SMILES string of the molecule is Cc1oc2c(NC(=O)c3c(Cl)cccc3Cl)cccc2c1Cn1ccnc1. The van der Waals surface area contributed by atoms with E-state index in [-0.39, 0.29) is 11.5 Å². The third kappa shape index (κ3) is 3.31. The summed E-state index contributed by atoms with van der Waals surface area (Å²) in [5.74, 6) is 0.402. The summed E-state index contributed by atoms with van der Waals surface area (Å²) in [5.41, 5.74) is 2.45. The first-order valence-electron chi connectivity index (χ1n) is 8.26. The highest BCUT2D eigenvalue weighted by Gasteiger charge is 2.19. The Hall–Kier alpha value is -2.76. The fourth-order valence-corrected chi connectivity index (χ4v) is 3.62.